The smallest absolute Gasteiger partial charge is 0.187 e. The van der Waals surface area contributed by atoms with Crippen LogP contribution >= 0.6 is 23.1 Å². The molecule has 9 nitrogen and oxygen atoms in total. The maximum atomic E-state index is 14.0. The van der Waals surface area contributed by atoms with Gasteiger partial charge >= 0.3 is 0 Å². The van der Waals surface area contributed by atoms with E-state index in [1.807, 2.05) is 6.07 Å². The number of nitrogens with two attached hydrogens (primary N) is 1. The first-order valence-electron chi connectivity index (χ1n) is 11.3. The van der Waals surface area contributed by atoms with E-state index in [2.05, 4.69) is 21.4 Å². The van der Waals surface area contributed by atoms with Gasteiger partial charge in [0.25, 0.3) is 0 Å². The van der Waals surface area contributed by atoms with Crippen LogP contribution < -0.4 is 15.8 Å². The molecule has 1 atom stereocenters. The third-order valence-electron chi connectivity index (χ3n) is 5.29. The number of anilines is 3. The van der Waals surface area contributed by atoms with Gasteiger partial charge in [0.2, 0.25) is 0 Å². The number of nitriles is 2. The van der Waals surface area contributed by atoms with Crippen LogP contribution in [-0.4, -0.2) is 39.5 Å². The second-order valence-electron chi connectivity index (χ2n) is 8.00. The number of pyridine rings is 1. The van der Waals surface area contributed by atoms with Gasteiger partial charge in [-0.1, -0.05) is 23.9 Å². The number of nitrogen functional groups attached to an aromatic ring is 1. The first-order valence-corrected chi connectivity index (χ1v) is 13.1. The molecule has 39 heavy (non-hydrogen) atoms. The number of aromatic nitrogens is 2. The standard InChI is InChI=1S/C26H20F2N6O3S2/c27-15-3-6-22(21(28)7-15)33-26-32-16(13-39-26)12-38-25-20(9-30)23(19(8-29)24(31)34-25)14-1-4-18(5-2-14)37-11-17(36)10-35/h1-7,13,17,35-36H,10-12H2,(H2,31,34)(H,32,33)/t17-/m1/s1. The summed E-state index contributed by atoms with van der Waals surface area (Å²) in [5, 5.41) is 43.4. The van der Waals surface area contributed by atoms with Crippen LogP contribution in [0.2, 0.25) is 0 Å². The maximum Gasteiger partial charge on any atom is 0.187 e. The van der Waals surface area contributed by atoms with Crippen LogP contribution in [0, 0.1) is 34.3 Å². The molecule has 2 heterocycles. The molecule has 4 aromatic rings. The molecule has 0 saturated carbocycles. The van der Waals surface area contributed by atoms with Crippen molar-refractivity contribution in [3.8, 4) is 29.0 Å². The quantitative estimate of drug-likeness (QED) is 0.200. The molecule has 0 aliphatic heterocycles. The molecule has 0 bridgehead atoms. The number of thiazole rings is 1. The first-order chi connectivity index (χ1) is 18.8. The molecule has 0 aliphatic carbocycles. The Kier molecular flexibility index (Phi) is 8.91. The molecule has 198 valence electrons. The lowest BCUT2D eigenvalue weighted by atomic mass is 9.97. The van der Waals surface area contributed by atoms with Crippen LogP contribution in [0.15, 0.2) is 52.9 Å². The molecule has 2 aromatic carbocycles. The molecule has 0 saturated heterocycles. The van der Waals surface area contributed by atoms with Crippen molar-refractivity contribution in [3.63, 3.8) is 0 Å². The fraction of sp³-hybridized carbons (Fsp3) is 0.154. The first kappa shape index (κ1) is 27.8. The zero-order valence-electron chi connectivity index (χ0n) is 20.1. The Hall–Kier alpha value is -4.27. The second-order valence-corrected chi connectivity index (χ2v) is 9.83. The Morgan fingerprint density at radius 2 is 1.85 bits per heavy atom. The molecule has 13 heteroatoms. The number of hydrogen-bond donors (Lipinski definition) is 4. The van der Waals surface area contributed by atoms with Crippen molar-refractivity contribution < 1.29 is 23.7 Å². The van der Waals surface area contributed by atoms with Crippen molar-refractivity contribution >= 4 is 39.7 Å². The number of halogens is 2. The predicted molar refractivity (Wildman–Crippen MR) is 143 cm³/mol. The highest BCUT2D eigenvalue weighted by Gasteiger charge is 2.21. The lowest BCUT2D eigenvalue weighted by molar-refractivity contribution is 0.0536. The Balaban J connectivity index is 1.56. The van der Waals surface area contributed by atoms with Crippen molar-refractivity contribution in [2.45, 2.75) is 16.9 Å². The Morgan fingerprint density at radius 3 is 2.51 bits per heavy atom. The molecule has 0 fully saturated rings. The summed E-state index contributed by atoms with van der Waals surface area (Å²) in [6, 6.07) is 13.9. The zero-order chi connectivity index (χ0) is 27.9. The van der Waals surface area contributed by atoms with E-state index in [0.717, 1.165) is 12.1 Å². The molecule has 4 rings (SSSR count). The summed E-state index contributed by atoms with van der Waals surface area (Å²) in [7, 11) is 0. The van der Waals surface area contributed by atoms with Crippen LogP contribution in [-0.2, 0) is 5.75 Å². The fourth-order valence-corrected chi connectivity index (χ4v) is 5.15. The van der Waals surface area contributed by atoms with Crippen LogP contribution in [0.3, 0.4) is 0 Å². The normalized spacial score (nSPS) is 11.4. The minimum atomic E-state index is -1.02. The van der Waals surface area contributed by atoms with Crippen molar-refractivity contribution in [3.05, 3.63) is 76.3 Å². The van der Waals surface area contributed by atoms with E-state index >= 15 is 0 Å². The third-order valence-corrected chi connectivity index (χ3v) is 7.11. The summed E-state index contributed by atoms with van der Waals surface area (Å²) in [5.74, 6) is -0.734. The van der Waals surface area contributed by atoms with E-state index in [1.165, 1.54) is 29.2 Å². The number of ether oxygens (including phenoxy) is 1. The monoisotopic (exact) mass is 566 g/mol. The number of nitrogens with one attached hydrogen (secondary N) is 1. The summed E-state index contributed by atoms with van der Waals surface area (Å²) < 4.78 is 32.5. The summed E-state index contributed by atoms with van der Waals surface area (Å²) >= 11 is 2.43. The number of rotatable bonds is 10. The van der Waals surface area contributed by atoms with E-state index in [9.17, 15) is 24.4 Å². The van der Waals surface area contributed by atoms with Gasteiger partial charge in [0, 0.05) is 22.8 Å². The average Bonchev–Trinajstić information content (AvgIpc) is 3.39. The number of nitrogens with zero attached hydrogens (tertiary/aromatic N) is 4. The highest BCUT2D eigenvalue weighted by molar-refractivity contribution is 7.98. The van der Waals surface area contributed by atoms with Gasteiger partial charge in [-0.25, -0.2) is 18.7 Å². The van der Waals surface area contributed by atoms with E-state index in [1.54, 1.807) is 29.6 Å². The summed E-state index contributed by atoms with van der Waals surface area (Å²) in [6.45, 7) is -0.532. The molecule has 0 radical (unpaired) electrons. The lowest BCUT2D eigenvalue weighted by Gasteiger charge is -2.14. The zero-order valence-corrected chi connectivity index (χ0v) is 21.7. The lowest BCUT2D eigenvalue weighted by Crippen LogP contribution is -2.21. The van der Waals surface area contributed by atoms with Gasteiger partial charge in [0.15, 0.2) is 5.13 Å². The van der Waals surface area contributed by atoms with Crippen molar-refractivity contribution in [1.29, 1.82) is 10.5 Å². The van der Waals surface area contributed by atoms with Gasteiger partial charge in [-0.05, 0) is 29.8 Å². The Labute approximate surface area is 230 Å². The van der Waals surface area contributed by atoms with Crippen LogP contribution in [0.25, 0.3) is 11.1 Å². The molecule has 0 spiro atoms. The fourth-order valence-electron chi connectivity index (χ4n) is 3.43. The summed E-state index contributed by atoms with van der Waals surface area (Å²) in [5.41, 5.74) is 7.88. The van der Waals surface area contributed by atoms with E-state index in [0.29, 0.717) is 38.5 Å². The minimum Gasteiger partial charge on any atom is -0.491 e. The molecular formula is C26H20F2N6O3S2. The van der Waals surface area contributed by atoms with Crippen LogP contribution in [0.5, 0.6) is 5.75 Å². The highest BCUT2D eigenvalue weighted by atomic mass is 32.2. The highest BCUT2D eigenvalue weighted by Crippen LogP contribution is 2.37. The minimum absolute atomic E-state index is 0.0344. The van der Waals surface area contributed by atoms with Gasteiger partial charge < -0.3 is 26.0 Å². The van der Waals surface area contributed by atoms with Crippen molar-refractivity contribution in [1.82, 2.24) is 9.97 Å². The van der Waals surface area contributed by atoms with Gasteiger partial charge in [-0.2, -0.15) is 10.5 Å². The number of aliphatic hydroxyl groups excluding tert-OH is 2. The van der Waals surface area contributed by atoms with E-state index < -0.39 is 24.3 Å². The largest absolute Gasteiger partial charge is 0.491 e. The van der Waals surface area contributed by atoms with E-state index in [-0.39, 0.29) is 29.2 Å². The number of thioether (sulfide) groups is 1. The maximum absolute atomic E-state index is 14.0. The molecule has 2 aromatic heterocycles. The van der Waals surface area contributed by atoms with Gasteiger partial charge in [0.1, 0.15) is 58.6 Å². The summed E-state index contributed by atoms with van der Waals surface area (Å²) in [6.07, 6.45) is -1.02. The van der Waals surface area contributed by atoms with Crippen LogP contribution in [0.1, 0.15) is 16.8 Å². The van der Waals surface area contributed by atoms with Gasteiger partial charge in [-0.3, -0.25) is 0 Å². The molecule has 0 amide bonds. The molecule has 0 aliphatic rings. The predicted octanol–water partition coefficient (Wildman–Crippen LogP) is 4.58. The van der Waals surface area contributed by atoms with Gasteiger partial charge in [-0.15, -0.1) is 11.3 Å². The van der Waals surface area contributed by atoms with Crippen molar-refractivity contribution in [2.75, 3.05) is 24.3 Å². The average molecular weight is 567 g/mol. The van der Waals surface area contributed by atoms with Crippen molar-refractivity contribution in [2.24, 2.45) is 0 Å². The van der Waals surface area contributed by atoms with Crippen LogP contribution in [0.4, 0.5) is 25.4 Å². The second kappa shape index (κ2) is 12.5. The van der Waals surface area contributed by atoms with Gasteiger partial charge in [0.05, 0.1) is 23.6 Å². The molecular weight excluding hydrogens is 546 g/mol. The van der Waals surface area contributed by atoms with E-state index in [4.69, 9.17) is 15.6 Å². The SMILES string of the molecule is N#Cc1c(N)nc(SCc2csc(Nc3ccc(F)cc3F)n2)c(C#N)c1-c1ccc(OC[C@H](O)CO)cc1. The molecule has 5 N–H and O–H groups in total. The Morgan fingerprint density at radius 1 is 1.10 bits per heavy atom. The number of hydrogen-bond acceptors (Lipinski definition) is 11. The number of aliphatic hydroxyl groups is 2. The Bertz CT molecular complexity index is 1570. The molecule has 0 unspecified atom stereocenters. The number of benzene rings is 2. The topological polar surface area (TPSA) is 161 Å². The summed E-state index contributed by atoms with van der Waals surface area (Å²) in [4.78, 5) is 8.69. The third kappa shape index (κ3) is 6.60.